The minimum Gasteiger partial charge on any atom is -0.0654 e. The molecule has 0 amide bonds. The molecule has 0 N–H and O–H groups in total. The monoisotopic (exact) mass is 368 g/mol. The summed E-state index contributed by atoms with van der Waals surface area (Å²) in [7, 11) is 0. The summed E-state index contributed by atoms with van der Waals surface area (Å²) in [5.41, 5.74) is 11.7. The molecule has 0 aliphatic heterocycles. The van der Waals surface area contributed by atoms with E-state index in [1.807, 2.05) is 0 Å². The lowest BCUT2D eigenvalue weighted by Crippen LogP contribution is -2.07. The normalized spacial score (nSPS) is 15.6. The maximum absolute atomic E-state index is 2.50. The molecule has 4 rings (SSSR count). The third-order valence-corrected chi connectivity index (χ3v) is 6.34. The minimum atomic E-state index is 0.550. The molecule has 0 heteroatoms. The van der Waals surface area contributed by atoms with E-state index in [2.05, 4.69) is 81.4 Å². The molecule has 3 aromatic rings. The van der Waals surface area contributed by atoms with Crippen LogP contribution in [0.25, 0.3) is 11.1 Å². The number of benzene rings is 3. The standard InChI is InChI=1S/C28H32/c1-4-5-6-9-22-13-15-28-24(17-22)19-25(18-23-10-7-8-11-27(23)28)26-14-12-20(2)16-21(26)3/h7-8,10-17,25H,4-6,9,18-19H2,1-3H3. The Bertz CT molecular complexity index is 964. The number of aryl methyl sites for hydroxylation is 3. The quantitative estimate of drug-likeness (QED) is 0.407. The van der Waals surface area contributed by atoms with E-state index in [0.29, 0.717) is 5.92 Å². The number of unbranched alkanes of at least 4 members (excludes halogenated alkanes) is 2. The third-order valence-electron chi connectivity index (χ3n) is 6.34. The number of rotatable bonds is 5. The Labute approximate surface area is 170 Å². The molecule has 1 aliphatic carbocycles. The van der Waals surface area contributed by atoms with Crippen molar-refractivity contribution in [2.24, 2.45) is 0 Å². The van der Waals surface area contributed by atoms with Gasteiger partial charge in [-0.15, -0.1) is 0 Å². The predicted octanol–water partition coefficient (Wildman–Crippen LogP) is 7.59. The zero-order valence-electron chi connectivity index (χ0n) is 17.6. The van der Waals surface area contributed by atoms with Crippen LogP contribution in [0.1, 0.15) is 65.5 Å². The molecule has 0 radical (unpaired) electrons. The van der Waals surface area contributed by atoms with Gasteiger partial charge in [-0.2, -0.15) is 0 Å². The fourth-order valence-corrected chi connectivity index (χ4v) is 4.88. The molecule has 0 aromatic heterocycles. The highest BCUT2D eigenvalue weighted by atomic mass is 14.3. The van der Waals surface area contributed by atoms with E-state index >= 15 is 0 Å². The van der Waals surface area contributed by atoms with Gasteiger partial charge in [-0.05, 0) is 84.4 Å². The van der Waals surface area contributed by atoms with E-state index in [-0.39, 0.29) is 0 Å². The molecule has 0 saturated heterocycles. The Morgan fingerprint density at radius 2 is 1.57 bits per heavy atom. The van der Waals surface area contributed by atoms with Crippen molar-refractivity contribution in [1.29, 1.82) is 0 Å². The van der Waals surface area contributed by atoms with Gasteiger partial charge in [0.25, 0.3) is 0 Å². The zero-order chi connectivity index (χ0) is 19.5. The van der Waals surface area contributed by atoms with Crippen LogP contribution in [0.5, 0.6) is 0 Å². The van der Waals surface area contributed by atoms with Crippen LogP contribution in [-0.2, 0) is 19.3 Å². The van der Waals surface area contributed by atoms with Crippen molar-refractivity contribution in [2.75, 3.05) is 0 Å². The van der Waals surface area contributed by atoms with Crippen molar-refractivity contribution >= 4 is 0 Å². The van der Waals surface area contributed by atoms with Gasteiger partial charge in [-0.25, -0.2) is 0 Å². The first-order chi connectivity index (χ1) is 13.7. The van der Waals surface area contributed by atoms with E-state index in [1.54, 1.807) is 0 Å². The van der Waals surface area contributed by atoms with Gasteiger partial charge in [0.1, 0.15) is 0 Å². The molecule has 0 spiro atoms. The van der Waals surface area contributed by atoms with Gasteiger partial charge in [0.15, 0.2) is 0 Å². The Balaban J connectivity index is 1.76. The topological polar surface area (TPSA) is 0 Å². The Kier molecular flexibility index (Phi) is 5.67. The van der Waals surface area contributed by atoms with Crippen molar-refractivity contribution in [3.8, 4) is 11.1 Å². The minimum absolute atomic E-state index is 0.550. The summed E-state index contributed by atoms with van der Waals surface area (Å²) in [4.78, 5) is 0. The summed E-state index contributed by atoms with van der Waals surface area (Å²) in [6, 6.07) is 23.3. The van der Waals surface area contributed by atoms with Crippen molar-refractivity contribution < 1.29 is 0 Å². The SMILES string of the molecule is CCCCCc1ccc2c(c1)CC(c1ccc(C)cc1C)Cc1ccccc1-2. The number of hydrogen-bond donors (Lipinski definition) is 0. The van der Waals surface area contributed by atoms with Crippen LogP contribution >= 0.6 is 0 Å². The molecule has 0 saturated carbocycles. The van der Waals surface area contributed by atoms with Crippen LogP contribution in [-0.4, -0.2) is 0 Å². The lowest BCUT2D eigenvalue weighted by molar-refractivity contribution is 0.681. The highest BCUT2D eigenvalue weighted by Crippen LogP contribution is 2.39. The number of fused-ring (bicyclic) bond motifs is 3. The van der Waals surface area contributed by atoms with E-state index in [9.17, 15) is 0 Å². The van der Waals surface area contributed by atoms with Crippen LogP contribution in [0.3, 0.4) is 0 Å². The summed E-state index contributed by atoms with van der Waals surface area (Å²) in [6.07, 6.45) is 7.37. The van der Waals surface area contributed by atoms with Gasteiger partial charge >= 0.3 is 0 Å². The Morgan fingerprint density at radius 3 is 2.39 bits per heavy atom. The van der Waals surface area contributed by atoms with Crippen LogP contribution in [0, 0.1) is 13.8 Å². The summed E-state index contributed by atoms with van der Waals surface area (Å²) in [5.74, 6) is 0.550. The fraction of sp³-hybridized carbons (Fsp3) is 0.357. The molecular weight excluding hydrogens is 336 g/mol. The summed E-state index contributed by atoms with van der Waals surface area (Å²) in [6.45, 7) is 6.75. The molecule has 1 atom stereocenters. The zero-order valence-corrected chi connectivity index (χ0v) is 17.6. The van der Waals surface area contributed by atoms with Crippen molar-refractivity contribution in [1.82, 2.24) is 0 Å². The van der Waals surface area contributed by atoms with Crippen LogP contribution in [0.4, 0.5) is 0 Å². The fourth-order valence-electron chi connectivity index (χ4n) is 4.88. The van der Waals surface area contributed by atoms with Crippen molar-refractivity contribution in [2.45, 2.75) is 65.2 Å². The highest BCUT2D eigenvalue weighted by molar-refractivity contribution is 5.72. The summed E-state index contributed by atoms with van der Waals surface area (Å²) >= 11 is 0. The first kappa shape index (κ1) is 19.0. The van der Waals surface area contributed by atoms with Gasteiger partial charge in [-0.1, -0.05) is 86.0 Å². The highest BCUT2D eigenvalue weighted by Gasteiger charge is 2.23. The molecule has 1 aliphatic rings. The van der Waals surface area contributed by atoms with Gasteiger partial charge in [-0.3, -0.25) is 0 Å². The second-order valence-corrected chi connectivity index (χ2v) is 8.57. The molecule has 3 aromatic carbocycles. The molecule has 0 bridgehead atoms. The molecule has 0 fully saturated rings. The molecule has 1 unspecified atom stereocenters. The largest absolute Gasteiger partial charge is 0.0654 e. The molecule has 0 nitrogen and oxygen atoms in total. The van der Waals surface area contributed by atoms with Gasteiger partial charge < -0.3 is 0 Å². The average molecular weight is 369 g/mol. The first-order valence-electron chi connectivity index (χ1n) is 10.9. The molecule has 0 heterocycles. The van der Waals surface area contributed by atoms with Gasteiger partial charge in [0.2, 0.25) is 0 Å². The smallest absolute Gasteiger partial charge is 0.00780 e. The van der Waals surface area contributed by atoms with Crippen LogP contribution < -0.4 is 0 Å². The van der Waals surface area contributed by atoms with Crippen LogP contribution in [0.2, 0.25) is 0 Å². The molecular formula is C28H32. The second-order valence-electron chi connectivity index (χ2n) is 8.57. The maximum atomic E-state index is 2.50. The second kappa shape index (κ2) is 8.35. The Hall–Kier alpha value is -2.34. The summed E-state index contributed by atoms with van der Waals surface area (Å²) < 4.78 is 0. The van der Waals surface area contributed by atoms with Crippen LogP contribution in [0.15, 0.2) is 60.7 Å². The van der Waals surface area contributed by atoms with E-state index in [4.69, 9.17) is 0 Å². The average Bonchev–Trinajstić information content (AvgIpc) is 2.84. The van der Waals surface area contributed by atoms with Crippen molar-refractivity contribution in [3.05, 3.63) is 94.0 Å². The molecule has 28 heavy (non-hydrogen) atoms. The number of hydrogen-bond acceptors (Lipinski definition) is 0. The lowest BCUT2D eigenvalue weighted by atomic mass is 9.85. The third kappa shape index (κ3) is 3.92. The van der Waals surface area contributed by atoms with E-state index in [1.165, 1.54) is 70.2 Å². The van der Waals surface area contributed by atoms with E-state index < -0.39 is 0 Å². The Morgan fingerprint density at radius 1 is 0.786 bits per heavy atom. The van der Waals surface area contributed by atoms with Crippen molar-refractivity contribution in [3.63, 3.8) is 0 Å². The maximum Gasteiger partial charge on any atom is -0.00780 e. The summed E-state index contributed by atoms with van der Waals surface area (Å²) in [5, 5.41) is 0. The van der Waals surface area contributed by atoms with Gasteiger partial charge in [0.05, 0.1) is 0 Å². The van der Waals surface area contributed by atoms with E-state index in [0.717, 1.165) is 12.8 Å². The predicted molar refractivity (Wildman–Crippen MR) is 121 cm³/mol. The molecule has 144 valence electrons. The first-order valence-corrected chi connectivity index (χ1v) is 10.9. The van der Waals surface area contributed by atoms with Gasteiger partial charge in [0, 0.05) is 0 Å². The lowest BCUT2D eigenvalue weighted by Gasteiger charge is -2.19.